The van der Waals surface area contributed by atoms with Crippen molar-refractivity contribution < 1.29 is 36.3 Å². The maximum absolute atomic E-state index is 12.7. The van der Waals surface area contributed by atoms with Gasteiger partial charge >= 0.3 is 15.6 Å². The van der Waals surface area contributed by atoms with E-state index < -0.39 is 15.6 Å². The van der Waals surface area contributed by atoms with E-state index in [0.717, 1.165) is 51.4 Å². The predicted octanol–water partition coefficient (Wildman–Crippen LogP) is 7.28. The van der Waals surface area contributed by atoms with E-state index in [9.17, 15) is 9.13 Å². The molecule has 0 saturated carbocycles. The zero-order valence-corrected chi connectivity index (χ0v) is 21.3. The van der Waals surface area contributed by atoms with Gasteiger partial charge in [-0.25, -0.2) is 9.13 Å². The molecule has 0 radical (unpaired) electrons. The summed E-state index contributed by atoms with van der Waals surface area (Å²) in [7, 11) is -7.08. The Morgan fingerprint density at radius 1 is 0.400 bits per heavy atom. The maximum Gasteiger partial charge on any atom is 0.474 e. The average Bonchev–Trinajstić information content (AvgIpc) is 2.72. The Morgan fingerprint density at radius 3 is 0.800 bits per heavy atom. The fraction of sp³-hybridized carbons (Fsp3) is 1.00. The highest BCUT2D eigenvalue weighted by molar-refractivity contribution is 7.48. The molecule has 0 aliphatic carbocycles. The first-order chi connectivity index (χ1) is 14.4. The summed E-state index contributed by atoms with van der Waals surface area (Å²) in [6, 6.07) is 0. The Hall–Kier alpha value is 0.220. The van der Waals surface area contributed by atoms with Crippen LogP contribution in [-0.2, 0) is 36.3 Å². The van der Waals surface area contributed by atoms with Gasteiger partial charge in [-0.05, 0) is 38.5 Å². The van der Waals surface area contributed by atoms with E-state index in [0.29, 0.717) is 39.3 Å². The van der Waals surface area contributed by atoms with Crippen LogP contribution in [0.4, 0.5) is 0 Å². The molecule has 0 aliphatic heterocycles. The Kier molecular flexibility index (Phi) is 20.0. The smallest absolute Gasteiger partial charge is 0.287 e. The van der Waals surface area contributed by atoms with Crippen LogP contribution in [0.3, 0.4) is 0 Å². The first-order valence-corrected chi connectivity index (χ1v) is 14.4. The van der Waals surface area contributed by atoms with Gasteiger partial charge in [-0.3, -0.25) is 27.1 Å². The third-order valence-corrected chi connectivity index (χ3v) is 7.02. The molecular formula is C20H44O8P2. The van der Waals surface area contributed by atoms with Crippen LogP contribution in [0.1, 0.15) is 91.9 Å². The molecule has 30 heavy (non-hydrogen) atoms. The van der Waals surface area contributed by atoms with Crippen molar-refractivity contribution >= 4 is 15.6 Å². The number of phosphoric ester groups is 2. The summed E-state index contributed by atoms with van der Waals surface area (Å²) < 4.78 is 57.7. The SMILES string of the molecule is CCCCOP(=O)(OCCCC)OCCCCOP(=O)(OCCCC)OCCCC. The maximum atomic E-state index is 12.7. The minimum atomic E-state index is -3.54. The quantitative estimate of drug-likeness (QED) is 0.113. The molecule has 0 N–H and O–H groups in total. The van der Waals surface area contributed by atoms with Gasteiger partial charge in [0.25, 0.3) is 0 Å². The Balaban J connectivity index is 4.30. The van der Waals surface area contributed by atoms with Crippen molar-refractivity contribution in [2.45, 2.75) is 91.9 Å². The molecule has 0 aromatic carbocycles. The zero-order chi connectivity index (χ0) is 22.6. The lowest BCUT2D eigenvalue weighted by Gasteiger charge is -2.19. The summed E-state index contributed by atoms with van der Waals surface area (Å²) in [6.45, 7) is 9.91. The molecule has 0 saturated heterocycles. The van der Waals surface area contributed by atoms with Crippen molar-refractivity contribution in [2.75, 3.05) is 39.6 Å². The monoisotopic (exact) mass is 474 g/mol. The largest absolute Gasteiger partial charge is 0.474 e. The molecule has 0 unspecified atom stereocenters. The number of rotatable bonds is 23. The molecule has 0 aromatic heterocycles. The molecule has 8 nitrogen and oxygen atoms in total. The molecule has 182 valence electrons. The van der Waals surface area contributed by atoms with Crippen molar-refractivity contribution in [3.8, 4) is 0 Å². The Bertz CT molecular complexity index is 406. The van der Waals surface area contributed by atoms with E-state index in [2.05, 4.69) is 0 Å². The summed E-state index contributed by atoms with van der Waals surface area (Å²) in [6.07, 6.45) is 8.05. The molecule has 10 heteroatoms. The van der Waals surface area contributed by atoms with Crippen LogP contribution in [-0.4, -0.2) is 39.6 Å². The lowest BCUT2D eigenvalue weighted by molar-refractivity contribution is 0.0981. The number of hydrogen-bond acceptors (Lipinski definition) is 8. The summed E-state index contributed by atoms with van der Waals surface area (Å²) >= 11 is 0. The number of phosphoric acid groups is 2. The van der Waals surface area contributed by atoms with Gasteiger partial charge in [0.1, 0.15) is 0 Å². The average molecular weight is 475 g/mol. The lowest BCUT2D eigenvalue weighted by Crippen LogP contribution is -2.06. The zero-order valence-electron chi connectivity index (χ0n) is 19.5. The van der Waals surface area contributed by atoms with Crippen LogP contribution >= 0.6 is 15.6 Å². The normalized spacial score (nSPS) is 12.5. The third-order valence-electron chi connectivity index (χ3n) is 4.03. The van der Waals surface area contributed by atoms with Crippen molar-refractivity contribution in [1.29, 1.82) is 0 Å². The molecule has 0 fully saturated rings. The van der Waals surface area contributed by atoms with E-state index in [-0.39, 0.29) is 13.2 Å². The molecule has 0 atom stereocenters. The van der Waals surface area contributed by atoms with E-state index in [4.69, 9.17) is 27.1 Å². The van der Waals surface area contributed by atoms with Gasteiger partial charge in [0.2, 0.25) is 0 Å². The molecule has 0 rings (SSSR count). The highest BCUT2D eigenvalue weighted by Crippen LogP contribution is 2.51. The summed E-state index contributed by atoms with van der Waals surface area (Å²) in [5.41, 5.74) is 0. The lowest BCUT2D eigenvalue weighted by atomic mass is 10.3. The molecule has 0 aromatic rings. The van der Waals surface area contributed by atoms with Crippen LogP contribution in [0, 0.1) is 0 Å². The molecule has 0 spiro atoms. The molecule has 0 aliphatic rings. The fourth-order valence-electron chi connectivity index (χ4n) is 2.06. The van der Waals surface area contributed by atoms with Crippen LogP contribution in [0.25, 0.3) is 0 Å². The van der Waals surface area contributed by atoms with Gasteiger partial charge in [0, 0.05) is 0 Å². The second-order valence-electron chi connectivity index (χ2n) is 7.02. The van der Waals surface area contributed by atoms with Crippen molar-refractivity contribution in [2.24, 2.45) is 0 Å². The van der Waals surface area contributed by atoms with E-state index in [1.807, 2.05) is 27.7 Å². The first-order valence-electron chi connectivity index (χ1n) is 11.5. The summed E-state index contributed by atoms with van der Waals surface area (Å²) in [5, 5.41) is 0. The van der Waals surface area contributed by atoms with Gasteiger partial charge in [0.05, 0.1) is 39.6 Å². The van der Waals surface area contributed by atoms with E-state index in [1.165, 1.54) is 0 Å². The highest BCUT2D eigenvalue weighted by Gasteiger charge is 2.27. The van der Waals surface area contributed by atoms with Gasteiger partial charge in [-0.2, -0.15) is 0 Å². The highest BCUT2D eigenvalue weighted by atomic mass is 31.2. The minimum Gasteiger partial charge on any atom is -0.287 e. The van der Waals surface area contributed by atoms with E-state index >= 15 is 0 Å². The van der Waals surface area contributed by atoms with Gasteiger partial charge in [-0.1, -0.05) is 53.4 Å². The molecule has 0 bridgehead atoms. The summed E-state index contributed by atoms with van der Waals surface area (Å²) in [5.74, 6) is 0. The Morgan fingerprint density at radius 2 is 0.600 bits per heavy atom. The number of hydrogen-bond donors (Lipinski definition) is 0. The third kappa shape index (κ3) is 16.9. The van der Waals surface area contributed by atoms with Crippen LogP contribution in [0.5, 0.6) is 0 Å². The first kappa shape index (κ1) is 30.2. The topological polar surface area (TPSA) is 89.5 Å². The van der Waals surface area contributed by atoms with Crippen LogP contribution in [0.15, 0.2) is 0 Å². The van der Waals surface area contributed by atoms with Crippen LogP contribution in [0.2, 0.25) is 0 Å². The predicted molar refractivity (Wildman–Crippen MR) is 120 cm³/mol. The summed E-state index contributed by atoms with van der Waals surface area (Å²) in [4.78, 5) is 0. The van der Waals surface area contributed by atoms with Gasteiger partial charge < -0.3 is 0 Å². The van der Waals surface area contributed by atoms with E-state index in [1.54, 1.807) is 0 Å². The second kappa shape index (κ2) is 19.9. The molecule has 0 amide bonds. The second-order valence-corrected chi connectivity index (χ2v) is 10.4. The van der Waals surface area contributed by atoms with Crippen molar-refractivity contribution in [3.05, 3.63) is 0 Å². The molecule has 0 heterocycles. The van der Waals surface area contributed by atoms with Gasteiger partial charge in [-0.15, -0.1) is 0 Å². The van der Waals surface area contributed by atoms with Crippen molar-refractivity contribution in [3.63, 3.8) is 0 Å². The van der Waals surface area contributed by atoms with Gasteiger partial charge in [0.15, 0.2) is 0 Å². The Labute approximate surface area is 183 Å². The minimum absolute atomic E-state index is 0.205. The fourth-order valence-corrected chi connectivity index (χ4v) is 4.63. The van der Waals surface area contributed by atoms with Crippen molar-refractivity contribution in [1.82, 2.24) is 0 Å². The standard InChI is InChI=1S/C20H44O8P2/c1-5-9-15-23-29(21,24-16-10-6-2)27-19-13-14-20-28-30(22,25-17-11-7-3)26-18-12-8-4/h5-20H2,1-4H3. The van der Waals surface area contributed by atoms with Crippen LogP contribution < -0.4 is 0 Å². The molecular weight excluding hydrogens is 430 g/mol. The number of unbranched alkanes of at least 4 members (excludes halogenated alkanes) is 5.